The minimum absolute atomic E-state index is 0.222. The van der Waals surface area contributed by atoms with Crippen LogP contribution < -0.4 is 5.73 Å². The first kappa shape index (κ1) is 11.3. The Morgan fingerprint density at radius 3 is 1.64 bits per heavy atom. The standard InChI is InChI=1S/C13H21N/c1-9(2)12-5-7-13(8-6-12)10(3)11(4)14/h5-11H,14H2,1-4H3. The second kappa shape index (κ2) is 4.61. The third kappa shape index (κ3) is 2.58. The molecule has 1 heteroatoms. The summed E-state index contributed by atoms with van der Waals surface area (Å²) in [6.07, 6.45) is 0. The van der Waals surface area contributed by atoms with Crippen molar-refractivity contribution in [3.63, 3.8) is 0 Å². The number of hydrogen-bond acceptors (Lipinski definition) is 1. The molecule has 2 unspecified atom stereocenters. The van der Waals surface area contributed by atoms with Gasteiger partial charge in [0.05, 0.1) is 0 Å². The van der Waals surface area contributed by atoms with E-state index in [1.54, 1.807) is 0 Å². The fraction of sp³-hybridized carbons (Fsp3) is 0.538. The second-order valence-corrected chi connectivity index (χ2v) is 4.47. The highest BCUT2D eigenvalue weighted by Crippen LogP contribution is 2.21. The number of rotatable bonds is 3. The van der Waals surface area contributed by atoms with Crippen LogP contribution in [-0.4, -0.2) is 6.04 Å². The monoisotopic (exact) mass is 191 g/mol. The van der Waals surface area contributed by atoms with Crippen LogP contribution in [-0.2, 0) is 0 Å². The molecule has 1 aromatic carbocycles. The van der Waals surface area contributed by atoms with E-state index in [-0.39, 0.29) is 6.04 Å². The molecule has 1 nitrogen and oxygen atoms in total. The molecule has 0 heterocycles. The summed E-state index contributed by atoms with van der Waals surface area (Å²) in [5.74, 6) is 1.05. The van der Waals surface area contributed by atoms with Gasteiger partial charge in [0, 0.05) is 6.04 Å². The Labute approximate surface area is 87.3 Å². The zero-order chi connectivity index (χ0) is 10.7. The van der Waals surface area contributed by atoms with E-state index in [1.165, 1.54) is 11.1 Å². The highest BCUT2D eigenvalue weighted by Gasteiger charge is 2.09. The second-order valence-electron chi connectivity index (χ2n) is 4.47. The van der Waals surface area contributed by atoms with Crippen molar-refractivity contribution in [1.29, 1.82) is 0 Å². The third-order valence-corrected chi connectivity index (χ3v) is 2.92. The fourth-order valence-electron chi connectivity index (χ4n) is 1.49. The summed E-state index contributed by atoms with van der Waals surface area (Å²) in [5.41, 5.74) is 8.60. The van der Waals surface area contributed by atoms with Gasteiger partial charge in [0.1, 0.15) is 0 Å². The first-order chi connectivity index (χ1) is 6.52. The highest BCUT2D eigenvalue weighted by atomic mass is 14.6. The van der Waals surface area contributed by atoms with E-state index >= 15 is 0 Å². The van der Waals surface area contributed by atoms with Crippen molar-refractivity contribution in [3.05, 3.63) is 35.4 Å². The molecule has 0 fully saturated rings. The van der Waals surface area contributed by atoms with Gasteiger partial charge in [0.25, 0.3) is 0 Å². The number of hydrogen-bond donors (Lipinski definition) is 1. The number of benzene rings is 1. The van der Waals surface area contributed by atoms with Crippen LogP contribution in [0.15, 0.2) is 24.3 Å². The van der Waals surface area contributed by atoms with Crippen LogP contribution in [0.2, 0.25) is 0 Å². The molecule has 0 radical (unpaired) electrons. The van der Waals surface area contributed by atoms with E-state index in [0.29, 0.717) is 11.8 Å². The molecule has 0 aliphatic carbocycles. The molecule has 0 spiro atoms. The molecule has 0 saturated carbocycles. The Balaban J connectivity index is 2.83. The topological polar surface area (TPSA) is 26.0 Å². The average molecular weight is 191 g/mol. The summed E-state index contributed by atoms with van der Waals surface area (Å²) in [6, 6.07) is 9.03. The molecule has 0 aliphatic heterocycles. The predicted octanol–water partition coefficient (Wildman–Crippen LogP) is 3.26. The molecule has 0 saturated heterocycles. The van der Waals surface area contributed by atoms with Crippen LogP contribution in [0.1, 0.15) is 50.7 Å². The Kier molecular flexibility index (Phi) is 3.70. The van der Waals surface area contributed by atoms with Crippen molar-refractivity contribution in [3.8, 4) is 0 Å². The minimum atomic E-state index is 0.222. The van der Waals surface area contributed by atoms with E-state index in [4.69, 9.17) is 5.73 Å². The maximum absolute atomic E-state index is 5.87. The Bertz CT molecular complexity index is 272. The zero-order valence-corrected chi connectivity index (χ0v) is 9.62. The molecular formula is C13H21N. The van der Waals surface area contributed by atoms with Crippen LogP contribution in [0.3, 0.4) is 0 Å². The summed E-state index contributed by atoms with van der Waals surface area (Å²) < 4.78 is 0. The van der Waals surface area contributed by atoms with E-state index in [0.717, 1.165) is 0 Å². The maximum atomic E-state index is 5.87. The van der Waals surface area contributed by atoms with Crippen LogP contribution >= 0.6 is 0 Å². The molecule has 0 aromatic heterocycles. The minimum Gasteiger partial charge on any atom is -0.327 e. The SMILES string of the molecule is CC(C)c1ccc(C(C)C(C)N)cc1. The van der Waals surface area contributed by atoms with Crippen molar-refractivity contribution in [2.24, 2.45) is 5.73 Å². The largest absolute Gasteiger partial charge is 0.327 e. The van der Waals surface area contributed by atoms with Gasteiger partial charge in [0.15, 0.2) is 0 Å². The van der Waals surface area contributed by atoms with Gasteiger partial charge in [-0.25, -0.2) is 0 Å². The van der Waals surface area contributed by atoms with E-state index in [1.807, 2.05) is 0 Å². The summed E-state index contributed by atoms with van der Waals surface area (Å²) in [7, 11) is 0. The fourth-order valence-corrected chi connectivity index (χ4v) is 1.49. The first-order valence-corrected chi connectivity index (χ1v) is 5.37. The molecule has 1 aromatic rings. The lowest BCUT2D eigenvalue weighted by Gasteiger charge is -2.16. The summed E-state index contributed by atoms with van der Waals surface area (Å²) in [5, 5.41) is 0. The Hall–Kier alpha value is -0.820. The van der Waals surface area contributed by atoms with Crippen molar-refractivity contribution in [2.45, 2.75) is 45.6 Å². The maximum Gasteiger partial charge on any atom is 0.00766 e. The number of nitrogens with two attached hydrogens (primary N) is 1. The predicted molar refractivity (Wildman–Crippen MR) is 62.6 cm³/mol. The normalized spacial score (nSPS) is 15.6. The lowest BCUT2D eigenvalue weighted by atomic mass is 9.92. The average Bonchev–Trinajstić information content (AvgIpc) is 2.16. The highest BCUT2D eigenvalue weighted by molar-refractivity contribution is 5.27. The molecular weight excluding hydrogens is 170 g/mol. The first-order valence-electron chi connectivity index (χ1n) is 5.37. The van der Waals surface area contributed by atoms with Gasteiger partial charge < -0.3 is 5.73 Å². The molecule has 0 aliphatic rings. The van der Waals surface area contributed by atoms with Gasteiger partial charge in [-0.05, 0) is 29.9 Å². The lowest BCUT2D eigenvalue weighted by molar-refractivity contribution is 0.613. The van der Waals surface area contributed by atoms with Gasteiger partial charge in [-0.3, -0.25) is 0 Å². The van der Waals surface area contributed by atoms with Gasteiger partial charge in [-0.1, -0.05) is 45.0 Å². The molecule has 1 rings (SSSR count). The van der Waals surface area contributed by atoms with Crippen molar-refractivity contribution >= 4 is 0 Å². The van der Waals surface area contributed by atoms with Crippen LogP contribution in [0.25, 0.3) is 0 Å². The van der Waals surface area contributed by atoms with Crippen molar-refractivity contribution in [1.82, 2.24) is 0 Å². The van der Waals surface area contributed by atoms with E-state index in [9.17, 15) is 0 Å². The summed E-state index contributed by atoms with van der Waals surface area (Å²) >= 11 is 0. The van der Waals surface area contributed by atoms with Gasteiger partial charge in [-0.2, -0.15) is 0 Å². The van der Waals surface area contributed by atoms with Crippen LogP contribution in [0.4, 0.5) is 0 Å². The van der Waals surface area contributed by atoms with Crippen molar-refractivity contribution < 1.29 is 0 Å². The van der Waals surface area contributed by atoms with Crippen LogP contribution in [0.5, 0.6) is 0 Å². The molecule has 0 amide bonds. The third-order valence-electron chi connectivity index (χ3n) is 2.92. The Morgan fingerprint density at radius 2 is 1.29 bits per heavy atom. The molecule has 2 N–H and O–H groups in total. The smallest absolute Gasteiger partial charge is 0.00766 e. The van der Waals surface area contributed by atoms with Gasteiger partial charge in [-0.15, -0.1) is 0 Å². The van der Waals surface area contributed by atoms with Crippen molar-refractivity contribution in [2.75, 3.05) is 0 Å². The molecule has 2 atom stereocenters. The zero-order valence-electron chi connectivity index (χ0n) is 9.62. The van der Waals surface area contributed by atoms with E-state index in [2.05, 4.69) is 52.0 Å². The molecule has 14 heavy (non-hydrogen) atoms. The van der Waals surface area contributed by atoms with Gasteiger partial charge >= 0.3 is 0 Å². The quantitative estimate of drug-likeness (QED) is 0.779. The molecule has 0 bridgehead atoms. The van der Waals surface area contributed by atoms with Crippen LogP contribution in [0, 0.1) is 0 Å². The lowest BCUT2D eigenvalue weighted by Crippen LogP contribution is -2.22. The summed E-state index contributed by atoms with van der Waals surface area (Å²) in [4.78, 5) is 0. The summed E-state index contributed by atoms with van der Waals surface area (Å²) in [6.45, 7) is 8.66. The Morgan fingerprint density at radius 1 is 0.857 bits per heavy atom. The van der Waals surface area contributed by atoms with Gasteiger partial charge in [0.2, 0.25) is 0 Å². The van der Waals surface area contributed by atoms with E-state index < -0.39 is 0 Å². The molecule has 78 valence electrons.